The van der Waals surface area contributed by atoms with E-state index in [1.165, 1.54) is 0 Å². The smallest absolute Gasteiger partial charge is 0.261 e. The lowest BCUT2D eigenvalue weighted by molar-refractivity contribution is 0.0303. The molecule has 6 nitrogen and oxygen atoms in total. The topological polar surface area (TPSA) is 75.7 Å². The van der Waals surface area contributed by atoms with Gasteiger partial charge in [0.25, 0.3) is 15.9 Å². The van der Waals surface area contributed by atoms with Crippen molar-refractivity contribution in [2.75, 3.05) is 31.0 Å². The van der Waals surface area contributed by atoms with Crippen LogP contribution in [0.4, 0.5) is 5.69 Å². The quantitative estimate of drug-likeness (QED) is 0.675. The van der Waals surface area contributed by atoms with Gasteiger partial charge in [-0.15, -0.1) is 0 Å². The van der Waals surface area contributed by atoms with E-state index in [0.717, 1.165) is 11.1 Å². The Morgan fingerprint density at radius 1 is 0.833 bits per heavy atom. The van der Waals surface area contributed by atoms with Crippen LogP contribution in [-0.4, -0.2) is 45.5 Å². The Balaban J connectivity index is 0.00000272. The van der Waals surface area contributed by atoms with Crippen molar-refractivity contribution in [3.63, 3.8) is 0 Å². The lowest BCUT2D eigenvalue weighted by Crippen LogP contribution is -2.40. The van der Waals surface area contributed by atoms with Crippen molar-refractivity contribution in [3.05, 3.63) is 84.4 Å². The number of anilines is 1. The van der Waals surface area contributed by atoms with Crippen LogP contribution in [0.1, 0.15) is 11.8 Å². The first-order valence-corrected chi connectivity index (χ1v) is 11.2. The first-order chi connectivity index (χ1) is 14.5. The number of nitrogens with zero attached hydrogens (tertiary/aromatic N) is 1. The second-order valence-corrected chi connectivity index (χ2v) is 8.66. The Bertz CT molecular complexity index is 1110. The van der Waals surface area contributed by atoms with Gasteiger partial charge in [0.15, 0.2) is 0 Å². The minimum absolute atomic E-state index is 0. The largest absolute Gasteiger partial charge is 0.378 e. The standard InChI is InChI=1S/C23H22N2O4S.H2/c26-23(25-14-16-29-17-15-25)20-6-10-21(11-7-20)24-30(27,28)22-12-8-19(9-13-22)18-4-2-1-3-5-18;/h1-13,24H,14-17H2;1H. The van der Waals surface area contributed by atoms with Gasteiger partial charge in [-0.3, -0.25) is 9.52 Å². The number of nitrogens with one attached hydrogen (secondary N) is 1. The predicted octanol–water partition coefficient (Wildman–Crippen LogP) is 3.87. The summed E-state index contributed by atoms with van der Waals surface area (Å²) < 4.78 is 33.3. The molecule has 3 aromatic rings. The number of carbonyl (C=O) groups is 1. The van der Waals surface area contributed by atoms with Crippen LogP contribution in [0.15, 0.2) is 83.8 Å². The molecular weight excluding hydrogens is 400 g/mol. The molecule has 156 valence electrons. The fourth-order valence-corrected chi connectivity index (χ4v) is 4.36. The van der Waals surface area contributed by atoms with Crippen molar-refractivity contribution >= 4 is 21.6 Å². The molecule has 0 unspecified atom stereocenters. The molecule has 1 fully saturated rings. The lowest BCUT2D eigenvalue weighted by atomic mass is 10.1. The highest BCUT2D eigenvalue weighted by molar-refractivity contribution is 7.92. The molecule has 3 aromatic carbocycles. The number of hydrogen-bond donors (Lipinski definition) is 1. The molecule has 4 rings (SSSR count). The molecule has 0 spiro atoms. The second kappa shape index (κ2) is 8.69. The van der Waals surface area contributed by atoms with E-state index in [0.29, 0.717) is 37.6 Å². The third-order valence-electron chi connectivity index (χ3n) is 4.95. The monoisotopic (exact) mass is 424 g/mol. The van der Waals surface area contributed by atoms with Gasteiger partial charge in [-0.1, -0.05) is 42.5 Å². The maximum atomic E-state index is 12.7. The summed E-state index contributed by atoms with van der Waals surface area (Å²) in [7, 11) is -3.73. The molecule has 1 heterocycles. The van der Waals surface area contributed by atoms with E-state index in [9.17, 15) is 13.2 Å². The maximum absolute atomic E-state index is 12.7. The highest BCUT2D eigenvalue weighted by Crippen LogP contribution is 2.23. The number of morpholine rings is 1. The molecule has 0 bridgehead atoms. The van der Waals surface area contributed by atoms with Crippen LogP contribution in [0, 0.1) is 0 Å². The molecule has 1 saturated heterocycles. The Hall–Kier alpha value is -3.16. The minimum Gasteiger partial charge on any atom is -0.378 e. The van der Waals surface area contributed by atoms with Gasteiger partial charge in [0.1, 0.15) is 0 Å². The molecule has 1 aliphatic heterocycles. The number of benzene rings is 3. The van der Waals surface area contributed by atoms with Crippen LogP contribution in [-0.2, 0) is 14.8 Å². The molecule has 0 radical (unpaired) electrons. The van der Waals surface area contributed by atoms with Crippen molar-refractivity contribution in [1.29, 1.82) is 0 Å². The average molecular weight is 425 g/mol. The number of hydrogen-bond acceptors (Lipinski definition) is 4. The number of amides is 1. The van der Waals surface area contributed by atoms with Gasteiger partial charge in [0.05, 0.1) is 18.1 Å². The number of carbonyl (C=O) groups excluding carboxylic acids is 1. The summed E-state index contributed by atoms with van der Waals surface area (Å²) in [4.78, 5) is 14.4. The highest BCUT2D eigenvalue weighted by Gasteiger charge is 2.19. The van der Waals surface area contributed by atoms with Crippen molar-refractivity contribution in [2.24, 2.45) is 0 Å². The summed E-state index contributed by atoms with van der Waals surface area (Å²) in [5.74, 6) is -0.0794. The fraction of sp³-hybridized carbons (Fsp3) is 0.174. The van der Waals surface area contributed by atoms with Crippen molar-refractivity contribution < 1.29 is 19.4 Å². The molecular formula is C23H24N2O4S. The van der Waals surface area contributed by atoms with Gasteiger partial charge in [-0.2, -0.15) is 0 Å². The summed E-state index contributed by atoms with van der Waals surface area (Å²) in [5.41, 5.74) is 2.89. The van der Waals surface area contributed by atoms with Crippen molar-refractivity contribution in [3.8, 4) is 11.1 Å². The van der Waals surface area contributed by atoms with Crippen LogP contribution >= 0.6 is 0 Å². The van der Waals surface area contributed by atoms with E-state index in [4.69, 9.17) is 4.74 Å². The van der Waals surface area contributed by atoms with Gasteiger partial charge < -0.3 is 9.64 Å². The van der Waals surface area contributed by atoms with E-state index in [2.05, 4.69) is 4.72 Å². The Kier molecular flexibility index (Phi) is 5.83. The van der Waals surface area contributed by atoms with E-state index >= 15 is 0 Å². The highest BCUT2D eigenvalue weighted by atomic mass is 32.2. The van der Waals surface area contributed by atoms with Gasteiger partial charge in [0, 0.05) is 25.8 Å². The van der Waals surface area contributed by atoms with Crippen molar-refractivity contribution in [2.45, 2.75) is 4.90 Å². The minimum atomic E-state index is -3.73. The number of rotatable bonds is 5. The summed E-state index contributed by atoms with van der Waals surface area (Å²) in [6.45, 7) is 2.19. The first-order valence-electron chi connectivity index (χ1n) is 9.68. The summed E-state index contributed by atoms with van der Waals surface area (Å²) in [6.07, 6.45) is 0. The molecule has 1 N–H and O–H groups in total. The fourth-order valence-electron chi connectivity index (χ4n) is 3.30. The second-order valence-electron chi connectivity index (χ2n) is 6.98. The van der Waals surface area contributed by atoms with E-state index in [1.54, 1.807) is 53.4 Å². The zero-order valence-corrected chi connectivity index (χ0v) is 17.1. The van der Waals surface area contributed by atoms with Crippen LogP contribution in [0.3, 0.4) is 0 Å². The zero-order valence-electron chi connectivity index (χ0n) is 16.3. The normalized spacial score (nSPS) is 14.3. The predicted molar refractivity (Wildman–Crippen MR) is 118 cm³/mol. The molecule has 7 heteroatoms. The Labute approximate surface area is 177 Å². The van der Waals surface area contributed by atoms with Gasteiger partial charge >= 0.3 is 0 Å². The van der Waals surface area contributed by atoms with Crippen LogP contribution < -0.4 is 4.72 Å². The molecule has 0 saturated carbocycles. The number of sulfonamides is 1. The van der Waals surface area contributed by atoms with Crippen LogP contribution in [0.2, 0.25) is 0 Å². The van der Waals surface area contributed by atoms with Gasteiger partial charge in [0.2, 0.25) is 0 Å². The SMILES string of the molecule is O=C(c1ccc(NS(=O)(=O)c2ccc(-c3ccccc3)cc2)cc1)N1CCOCC1.[HH]. The third kappa shape index (κ3) is 4.53. The molecule has 0 aliphatic carbocycles. The molecule has 30 heavy (non-hydrogen) atoms. The van der Waals surface area contributed by atoms with E-state index in [1.807, 2.05) is 30.3 Å². The third-order valence-corrected chi connectivity index (χ3v) is 6.35. The summed E-state index contributed by atoms with van der Waals surface area (Å²) in [5, 5.41) is 0. The molecule has 1 amide bonds. The summed E-state index contributed by atoms with van der Waals surface area (Å²) in [6, 6.07) is 23.0. The van der Waals surface area contributed by atoms with E-state index < -0.39 is 10.0 Å². The van der Waals surface area contributed by atoms with Gasteiger partial charge in [-0.25, -0.2) is 8.42 Å². The molecule has 0 atom stereocenters. The van der Waals surface area contributed by atoms with E-state index in [-0.39, 0.29) is 12.2 Å². The average Bonchev–Trinajstić information content (AvgIpc) is 2.80. The van der Waals surface area contributed by atoms with Crippen LogP contribution in [0.5, 0.6) is 0 Å². The zero-order chi connectivity index (χ0) is 21.0. The molecule has 0 aromatic heterocycles. The lowest BCUT2D eigenvalue weighted by Gasteiger charge is -2.26. The van der Waals surface area contributed by atoms with Crippen LogP contribution in [0.25, 0.3) is 11.1 Å². The van der Waals surface area contributed by atoms with Crippen molar-refractivity contribution in [1.82, 2.24) is 4.90 Å². The molecule has 1 aliphatic rings. The Morgan fingerprint density at radius 3 is 2.07 bits per heavy atom. The first kappa shape index (κ1) is 20.1. The Morgan fingerprint density at radius 2 is 1.43 bits per heavy atom. The summed E-state index contributed by atoms with van der Waals surface area (Å²) >= 11 is 0. The van der Waals surface area contributed by atoms with Gasteiger partial charge in [-0.05, 0) is 47.5 Å². The maximum Gasteiger partial charge on any atom is 0.261 e. The number of ether oxygens (including phenoxy) is 1.